The van der Waals surface area contributed by atoms with E-state index in [2.05, 4.69) is 0 Å². The predicted molar refractivity (Wildman–Crippen MR) is 110 cm³/mol. The Morgan fingerprint density at radius 3 is 2.46 bits per heavy atom. The van der Waals surface area contributed by atoms with Gasteiger partial charge < -0.3 is 20.3 Å². The van der Waals surface area contributed by atoms with E-state index in [9.17, 15) is 14.7 Å². The largest absolute Gasteiger partial charge is 0.508 e. The number of phenolic OH excluding ortho intramolecular Hbond substituents is 1. The van der Waals surface area contributed by atoms with Crippen LogP contribution in [0.1, 0.15) is 35.3 Å². The van der Waals surface area contributed by atoms with E-state index >= 15 is 0 Å². The lowest BCUT2D eigenvalue weighted by molar-refractivity contribution is -0.150. The molecule has 0 fully saturated rings. The van der Waals surface area contributed by atoms with E-state index in [1.807, 2.05) is 0 Å². The molecule has 0 radical (unpaired) electrons. The van der Waals surface area contributed by atoms with Gasteiger partial charge >= 0.3 is 5.97 Å². The van der Waals surface area contributed by atoms with E-state index in [1.54, 1.807) is 6.92 Å². The van der Waals surface area contributed by atoms with Crippen molar-refractivity contribution in [2.45, 2.75) is 26.5 Å². The van der Waals surface area contributed by atoms with Gasteiger partial charge in [0.05, 0.1) is 11.6 Å². The molecule has 0 saturated carbocycles. The van der Waals surface area contributed by atoms with Crippen molar-refractivity contribution in [2.24, 2.45) is 5.73 Å². The Kier molecular flexibility index (Phi) is 9.04. The molecule has 0 bridgehead atoms. The minimum Gasteiger partial charge on any atom is -0.508 e. The Bertz CT molecular complexity index is 873. The molecule has 1 atom stereocenters. The lowest BCUT2D eigenvalue weighted by Gasteiger charge is -2.16. The average molecular weight is 449 g/mol. The Hall–Kier alpha value is -1.99. The van der Waals surface area contributed by atoms with Crippen LogP contribution in [-0.4, -0.2) is 29.6 Å². The molecule has 3 N–H and O–H groups in total. The van der Waals surface area contributed by atoms with Crippen molar-refractivity contribution in [2.75, 3.05) is 6.61 Å². The number of ketones is 1. The molecule has 152 valence electrons. The molecule has 0 aromatic heterocycles. The molecule has 2 rings (SSSR count). The summed E-state index contributed by atoms with van der Waals surface area (Å²) in [5.74, 6) is -0.758. The molecule has 28 heavy (non-hydrogen) atoms. The summed E-state index contributed by atoms with van der Waals surface area (Å²) in [7, 11) is 0. The number of nitrogens with two attached hydrogens (primary N) is 1. The maximum Gasteiger partial charge on any atom is 0.347 e. The zero-order valence-electron chi connectivity index (χ0n) is 15.2. The summed E-state index contributed by atoms with van der Waals surface area (Å²) in [6, 6.07) is 7.27. The number of benzene rings is 2. The van der Waals surface area contributed by atoms with Gasteiger partial charge in [-0.2, -0.15) is 0 Å². The molecule has 0 aliphatic heterocycles. The summed E-state index contributed by atoms with van der Waals surface area (Å²) in [6.45, 7) is 3.52. The quantitative estimate of drug-likeness (QED) is 0.488. The van der Waals surface area contributed by atoms with E-state index in [0.717, 1.165) is 0 Å². The molecule has 0 aliphatic carbocycles. The number of hydrogen-bond donors (Lipinski definition) is 2. The molecule has 0 aliphatic rings. The van der Waals surface area contributed by atoms with Gasteiger partial charge in [-0.15, -0.1) is 12.4 Å². The van der Waals surface area contributed by atoms with Crippen molar-refractivity contribution >= 4 is 47.4 Å². The Morgan fingerprint density at radius 1 is 1.18 bits per heavy atom. The van der Waals surface area contributed by atoms with Crippen LogP contribution in [0.4, 0.5) is 0 Å². The van der Waals surface area contributed by atoms with E-state index in [-0.39, 0.29) is 58.4 Å². The van der Waals surface area contributed by atoms with Crippen molar-refractivity contribution in [1.29, 1.82) is 0 Å². The normalized spacial score (nSPS) is 11.3. The molecule has 0 heterocycles. The van der Waals surface area contributed by atoms with Gasteiger partial charge in [0.15, 0.2) is 11.9 Å². The molecule has 1 unspecified atom stereocenters. The Balaban J connectivity index is 0.00000392. The lowest BCUT2D eigenvalue weighted by Crippen LogP contribution is -2.26. The molecule has 2 aromatic rings. The predicted octanol–water partition coefficient (Wildman–Crippen LogP) is 4.14. The lowest BCUT2D eigenvalue weighted by atomic mass is 10.0. The summed E-state index contributed by atoms with van der Waals surface area (Å²) in [4.78, 5) is 24.4. The highest BCUT2D eigenvalue weighted by Crippen LogP contribution is 2.36. The third kappa shape index (κ3) is 5.29. The van der Waals surface area contributed by atoms with Gasteiger partial charge in [-0.3, -0.25) is 4.79 Å². The van der Waals surface area contributed by atoms with Crippen molar-refractivity contribution in [3.05, 3.63) is 57.1 Å². The van der Waals surface area contributed by atoms with Crippen molar-refractivity contribution in [1.82, 2.24) is 0 Å². The highest BCUT2D eigenvalue weighted by atomic mass is 35.5. The fraction of sp³-hybridized carbons (Fsp3) is 0.263. The van der Waals surface area contributed by atoms with Crippen LogP contribution in [0.3, 0.4) is 0 Å². The van der Waals surface area contributed by atoms with Crippen LogP contribution in [0.5, 0.6) is 11.5 Å². The fourth-order valence-electron chi connectivity index (χ4n) is 2.34. The minimum atomic E-state index is -0.885. The third-order valence-corrected chi connectivity index (χ3v) is 4.64. The van der Waals surface area contributed by atoms with Crippen molar-refractivity contribution in [3.63, 3.8) is 0 Å². The minimum absolute atomic E-state index is 0. The van der Waals surface area contributed by atoms with Crippen LogP contribution in [0.2, 0.25) is 10.0 Å². The monoisotopic (exact) mass is 447 g/mol. The number of carbonyl (C=O) groups excluding carboxylic acids is 2. The van der Waals surface area contributed by atoms with Gasteiger partial charge in [-0.25, -0.2) is 4.79 Å². The van der Waals surface area contributed by atoms with Crippen LogP contribution in [0.25, 0.3) is 0 Å². The number of halogens is 3. The fourth-order valence-corrected chi connectivity index (χ4v) is 2.79. The van der Waals surface area contributed by atoms with Crippen LogP contribution in [0, 0.1) is 0 Å². The summed E-state index contributed by atoms with van der Waals surface area (Å²) < 4.78 is 10.4. The number of aromatic hydroxyl groups is 1. The van der Waals surface area contributed by atoms with E-state index in [1.165, 1.54) is 37.3 Å². The van der Waals surface area contributed by atoms with Crippen LogP contribution >= 0.6 is 35.6 Å². The smallest absolute Gasteiger partial charge is 0.347 e. The van der Waals surface area contributed by atoms with Crippen LogP contribution < -0.4 is 10.5 Å². The molecular weight excluding hydrogens is 429 g/mol. The zero-order chi connectivity index (χ0) is 20.1. The highest BCUT2D eigenvalue weighted by Gasteiger charge is 2.22. The molecule has 2 aromatic carbocycles. The molecule has 0 spiro atoms. The standard InChI is InChI=1S/C19H19Cl2NO5.ClH/c1-3-26-19(25)10(2)27-15-7-5-13(16(20)17(15)21)18(24)11-4-6-14(23)12(8-11)9-22;/h4-8,10,23H,3,9,22H2,1-2H3;1H. The van der Waals surface area contributed by atoms with Crippen molar-refractivity contribution in [3.8, 4) is 11.5 Å². The number of rotatable bonds is 7. The van der Waals surface area contributed by atoms with Crippen LogP contribution in [0.15, 0.2) is 30.3 Å². The molecular formula is C19H20Cl3NO5. The SMILES string of the molecule is CCOC(=O)C(C)Oc1ccc(C(=O)c2ccc(O)c(CN)c2)c(Cl)c1Cl.Cl. The van der Waals surface area contributed by atoms with Gasteiger partial charge in [0, 0.05) is 23.2 Å². The number of hydrogen-bond acceptors (Lipinski definition) is 6. The first-order valence-corrected chi connectivity index (χ1v) is 8.93. The Morgan fingerprint density at radius 2 is 1.86 bits per heavy atom. The topological polar surface area (TPSA) is 98.8 Å². The number of carbonyl (C=O) groups is 2. The second-order valence-electron chi connectivity index (χ2n) is 5.63. The maximum atomic E-state index is 12.7. The van der Waals surface area contributed by atoms with Gasteiger partial charge in [0.2, 0.25) is 0 Å². The highest BCUT2D eigenvalue weighted by molar-refractivity contribution is 6.45. The second-order valence-corrected chi connectivity index (χ2v) is 6.38. The molecule has 0 amide bonds. The second kappa shape index (κ2) is 10.5. The van der Waals surface area contributed by atoms with E-state index < -0.39 is 12.1 Å². The summed E-state index contributed by atoms with van der Waals surface area (Å²) in [5, 5.41) is 9.70. The Labute approximate surface area is 178 Å². The summed E-state index contributed by atoms with van der Waals surface area (Å²) >= 11 is 12.5. The molecule has 0 saturated heterocycles. The average Bonchev–Trinajstić information content (AvgIpc) is 2.65. The van der Waals surface area contributed by atoms with E-state index in [4.69, 9.17) is 38.4 Å². The molecule has 6 nitrogen and oxygen atoms in total. The maximum absolute atomic E-state index is 12.7. The first-order chi connectivity index (χ1) is 12.8. The summed E-state index contributed by atoms with van der Waals surface area (Å²) in [6.07, 6.45) is -0.885. The first-order valence-electron chi connectivity index (χ1n) is 8.18. The number of phenols is 1. The summed E-state index contributed by atoms with van der Waals surface area (Å²) in [5.41, 5.74) is 6.45. The van der Waals surface area contributed by atoms with E-state index in [0.29, 0.717) is 11.1 Å². The van der Waals surface area contributed by atoms with Gasteiger partial charge in [0.1, 0.15) is 16.5 Å². The number of esters is 1. The third-order valence-electron chi connectivity index (χ3n) is 3.78. The van der Waals surface area contributed by atoms with Crippen LogP contribution in [-0.2, 0) is 16.1 Å². The van der Waals surface area contributed by atoms with Crippen molar-refractivity contribution < 1.29 is 24.2 Å². The molecule has 9 heteroatoms. The van der Waals surface area contributed by atoms with Gasteiger partial charge in [-0.05, 0) is 44.2 Å². The number of ether oxygens (including phenoxy) is 2. The van der Waals surface area contributed by atoms with Gasteiger partial charge in [-0.1, -0.05) is 23.2 Å². The first kappa shape index (κ1) is 24.0. The zero-order valence-corrected chi connectivity index (χ0v) is 17.5. The van der Waals surface area contributed by atoms with Gasteiger partial charge in [0.25, 0.3) is 0 Å².